The first-order valence-electron chi connectivity index (χ1n) is 3.57. The van der Waals surface area contributed by atoms with Crippen molar-refractivity contribution in [1.82, 2.24) is 14.3 Å². The van der Waals surface area contributed by atoms with Crippen molar-refractivity contribution in [2.45, 2.75) is 6.54 Å². The fourth-order valence-corrected chi connectivity index (χ4v) is 1.02. The number of methoxy groups -OCH3 is 1. The third kappa shape index (κ3) is 1.92. The third-order valence-electron chi connectivity index (χ3n) is 1.50. The zero-order valence-corrected chi connectivity index (χ0v) is 8.21. The van der Waals surface area contributed by atoms with E-state index in [0.717, 1.165) is 0 Å². The van der Waals surface area contributed by atoms with Gasteiger partial charge in [0.1, 0.15) is 0 Å². The fourth-order valence-electron chi connectivity index (χ4n) is 0.911. The summed E-state index contributed by atoms with van der Waals surface area (Å²) in [4.78, 5) is 11.4. The van der Waals surface area contributed by atoms with E-state index in [-0.39, 0.29) is 18.2 Å². The first-order chi connectivity index (χ1) is 6.06. The van der Waals surface area contributed by atoms with E-state index in [2.05, 4.69) is 11.7 Å². The van der Waals surface area contributed by atoms with Crippen LogP contribution in [0.1, 0.15) is 0 Å². The van der Waals surface area contributed by atoms with E-state index in [1.54, 1.807) is 7.05 Å². The molecule has 1 aromatic rings. The molecule has 0 spiro atoms. The van der Waals surface area contributed by atoms with Gasteiger partial charge in [-0.2, -0.15) is 0 Å². The number of allylic oxidation sites excluding steroid dienone is 1. The Hall–Kier alpha value is -1.23. The van der Waals surface area contributed by atoms with Crippen LogP contribution in [0, 0.1) is 0 Å². The van der Waals surface area contributed by atoms with E-state index in [1.165, 1.54) is 16.4 Å². The minimum Gasteiger partial charge on any atom is -0.467 e. The molecule has 0 bridgehead atoms. The van der Waals surface area contributed by atoms with Crippen LogP contribution in [0.3, 0.4) is 0 Å². The van der Waals surface area contributed by atoms with Gasteiger partial charge in [0.15, 0.2) is 0 Å². The summed E-state index contributed by atoms with van der Waals surface area (Å²) < 4.78 is 7.33. The number of hydrogen-bond donors (Lipinski definition) is 0. The van der Waals surface area contributed by atoms with Crippen LogP contribution in [0.2, 0.25) is 0 Å². The maximum Gasteiger partial charge on any atom is 0.348 e. The lowest BCUT2D eigenvalue weighted by Gasteiger charge is -1.93. The molecule has 72 valence electrons. The van der Waals surface area contributed by atoms with Crippen LogP contribution in [-0.4, -0.2) is 21.5 Å². The van der Waals surface area contributed by atoms with E-state index >= 15 is 0 Å². The normalized spacial score (nSPS) is 10.1. The summed E-state index contributed by atoms with van der Waals surface area (Å²) in [5.74, 6) is 0. The molecule has 1 aromatic heterocycles. The van der Waals surface area contributed by atoms with E-state index < -0.39 is 0 Å². The van der Waals surface area contributed by atoms with Crippen molar-refractivity contribution in [1.29, 1.82) is 0 Å². The van der Waals surface area contributed by atoms with Gasteiger partial charge in [0, 0.05) is 12.1 Å². The number of ether oxygens (including phenoxy) is 1. The maximum atomic E-state index is 11.4. The largest absolute Gasteiger partial charge is 0.467 e. The Morgan fingerprint density at radius 1 is 1.77 bits per heavy atom. The molecule has 6 heteroatoms. The smallest absolute Gasteiger partial charge is 0.348 e. The molecule has 13 heavy (non-hydrogen) atoms. The summed E-state index contributed by atoms with van der Waals surface area (Å²) in [7, 11) is 3.02. The highest BCUT2D eigenvalue weighted by Gasteiger charge is 2.09. The summed E-state index contributed by atoms with van der Waals surface area (Å²) >= 11 is 5.54. The molecular weight excluding hydrogens is 194 g/mol. The van der Waals surface area contributed by atoms with Crippen molar-refractivity contribution in [2.75, 3.05) is 7.11 Å². The highest BCUT2D eigenvalue weighted by atomic mass is 35.5. The summed E-state index contributed by atoms with van der Waals surface area (Å²) in [6.07, 6.45) is 0. The van der Waals surface area contributed by atoms with Crippen molar-refractivity contribution < 1.29 is 4.74 Å². The average Bonchev–Trinajstić information content (AvgIpc) is 2.32. The standard InChI is InChI=1S/C7H10ClN3O2/c1-5(8)4-11-7(12)10(2)6(9-11)13-3/h1,4H2,2-3H3. The Balaban J connectivity index is 3.10. The Morgan fingerprint density at radius 2 is 2.38 bits per heavy atom. The van der Waals surface area contributed by atoms with Gasteiger partial charge in [0.2, 0.25) is 0 Å². The Bertz CT molecular complexity index is 380. The van der Waals surface area contributed by atoms with Crippen LogP contribution in [0.25, 0.3) is 0 Å². The summed E-state index contributed by atoms with van der Waals surface area (Å²) in [5.41, 5.74) is -0.279. The molecule has 0 aliphatic rings. The van der Waals surface area contributed by atoms with Gasteiger partial charge in [0.25, 0.3) is 0 Å². The first kappa shape index (κ1) is 9.85. The molecule has 1 heterocycles. The van der Waals surface area contributed by atoms with Crippen LogP contribution in [0.5, 0.6) is 6.01 Å². The second-order valence-electron chi connectivity index (χ2n) is 2.50. The molecule has 0 saturated heterocycles. The van der Waals surface area contributed by atoms with E-state index in [1.807, 2.05) is 0 Å². The Labute approximate surface area is 80.2 Å². The molecule has 0 N–H and O–H groups in total. The molecule has 5 nitrogen and oxygen atoms in total. The van der Waals surface area contributed by atoms with Crippen molar-refractivity contribution in [3.05, 3.63) is 22.1 Å². The lowest BCUT2D eigenvalue weighted by molar-refractivity contribution is 0.361. The van der Waals surface area contributed by atoms with Gasteiger partial charge in [-0.05, 0) is 0 Å². The average molecular weight is 204 g/mol. The van der Waals surface area contributed by atoms with Crippen molar-refractivity contribution >= 4 is 11.6 Å². The number of halogens is 1. The van der Waals surface area contributed by atoms with Gasteiger partial charge in [-0.25, -0.2) is 14.0 Å². The van der Waals surface area contributed by atoms with Crippen molar-refractivity contribution in [3.63, 3.8) is 0 Å². The molecule has 0 aliphatic heterocycles. The Kier molecular flexibility index (Phi) is 2.77. The monoisotopic (exact) mass is 203 g/mol. The minimum absolute atomic E-state index is 0.192. The zero-order valence-electron chi connectivity index (χ0n) is 7.45. The lowest BCUT2D eigenvalue weighted by Crippen LogP contribution is -2.23. The quantitative estimate of drug-likeness (QED) is 0.712. The SMILES string of the molecule is C=C(Cl)Cn1nc(OC)n(C)c1=O. The molecule has 0 amide bonds. The molecule has 0 atom stereocenters. The van der Waals surface area contributed by atoms with Gasteiger partial charge < -0.3 is 4.74 Å². The molecule has 0 unspecified atom stereocenters. The van der Waals surface area contributed by atoms with Gasteiger partial charge >= 0.3 is 11.7 Å². The lowest BCUT2D eigenvalue weighted by atomic mass is 10.6. The van der Waals surface area contributed by atoms with Gasteiger partial charge in [-0.1, -0.05) is 18.2 Å². The zero-order chi connectivity index (χ0) is 10.0. The van der Waals surface area contributed by atoms with Crippen LogP contribution < -0.4 is 10.4 Å². The van der Waals surface area contributed by atoms with Gasteiger partial charge in [0.05, 0.1) is 13.7 Å². The third-order valence-corrected chi connectivity index (χ3v) is 1.62. The summed E-state index contributed by atoms with van der Waals surface area (Å²) in [6, 6.07) is 0.253. The van der Waals surface area contributed by atoms with Crippen LogP contribution in [-0.2, 0) is 13.6 Å². The second-order valence-corrected chi connectivity index (χ2v) is 3.04. The predicted molar refractivity (Wildman–Crippen MR) is 49.0 cm³/mol. The molecule has 0 radical (unpaired) electrons. The topological polar surface area (TPSA) is 49.0 Å². The molecule has 0 aromatic carbocycles. The highest BCUT2D eigenvalue weighted by molar-refractivity contribution is 6.29. The number of rotatable bonds is 3. The number of nitrogens with zero attached hydrogens (tertiary/aromatic N) is 3. The van der Waals surface area contributed by atoms with Crippen LogP contribution in [0.4, 0.5) is 0 Å². The van der Waals surface area contributed by atoms with Crippen LogP contribution in [0.15, 0.2) is 16.4 Å². The molecule has 0 aliphatic carbocycles. The number of aromatic nitrogens is 3. The van der Waals surface area contributed by atoms with Crippen molar-refractivity contribution in [2.24, 2.45) is 7.05 Å². The molecule has 0 saturated carbocycles. The predicted octanol–water partition coefficient (Wildman–Crippen LogP) is 0.343. The molecule has 0 fully saturated rings. The molecular formula is C7H10ClN3O2. The summed E-state index contributed by atoms with van der Waals surface area (Å²) in [6.45, 7) is 3.66. The van der Waals surface area contributed by atoms with Gasteiger partial charge in [-0.15, -0.1) is 5.10 Å². The van der Waals surface area contributed by atoms with E-state index in [9.17, 15) is 4.79 Å². The number of hydrogen-bond acceptors (Lipinski definition) is 3. The van der Waals surface area contributed by atoms with E-state index in [0.29, 0.717) is 5.03 Å². The Morgan fingerprint density at radius 3 is 2.77 bits per heavy atom. The van der Waals surface area contributed by atoms with Crippen LogP contribution >= 0.6 is 11.6 Å². The minimum atomic E-state index is -0.279. The van der Waals surface area contributed by atoms with Crippen molar-refractivity contribution in [3.8, 4) is 6.01 Å². The fraction of sp³-hybridized carbons (Fsp3) is 0.429. The van der Waals surface area contributed by atoms with Gasteiger partial charge in [-0.3, -0.25) is 0 Å². The van der Waals surface area contributed by atoms with E-state index in [4.69, 9.17) is 16.3 Å². The first-order valence-corrected chi connectivity index (χ1v) is 3.95. The molecule has 1 rings (SSSR count). The second kappa shape index (κ2) is 3.66. The highest BCUT2D eigenvalue weighted by Crippen LogP contribution is 2.03. The maximum absolute atomic E-state index is 11.4. The summed E-state index contributed by atoms with van der Waals surface area (Å²) in [5, 5.41) is 4.22.